The van der Waals surface area contributed by atoms with Crippen LogP contribution in [0.25, 0.3) is 122 Å². The number of para-hydroxylation sites is 2. The average Bonchev–Trinajstić information content (AvgIpc) is 3.74. The molecular weight excluding hydrogens is 767 g/mol. The van der Waals surface area contributed by atoms with Crippen molar-refractivity contribution in [2.24, 2.45) is 0 Å². The largest absolute Gasteiger partial charge is 0.456 e. The van der Waals surface area contributed by atoms with E-state index >= 15 is 0 Å². The van der Waals surface area contributed by atoms with Crippen molar-refractivity contribution in [2.45, 2.75) is 0 Å². The van der Waals surface area contributed by atoms with Gasteiger partial charge in [-0.25, -0.2) is 15.0 Å². The van der Waals surface area contributed by atoms with E-state index in [-0.39, 0.29) is 0 Å². The highest BCUT2D eigenvalue weighted by atomic mass is 16.3. The van der Waals surface area contributed by atoms with Gasteiger partial charge in [-0.2, -0.15) is 0 Å². The van der Waals surface area contributed by atoms with Crippen LogP contribution in [0.1, 0.15) is 0 Å². The summed E-state index contributed by atoms with van der Waals surface area (Å²) in [6, 6.07) is 78.5. The number of rotatable bonds is 7. The van der Waals surface area contributed by atoms with Crippen LogP contribution >= 0.6 is 0 Å². The molecule has 0 aliphatic heterocycles. The molecule has 0 fully saturated rings. The minimum absolute atomic E-state index is 0.690. The van der Waals surface area contributed by atoms with E-state index in [4.69, 9.17) is 19.4 Å². The van der Waals surface area contributed by atoms with Crippen molar-refractivity contribution in [3.05, 3.63) is 224 Å². The second-order valence-electron chi connectivity index (χ2n) is 15.9. The Hall–Kier alpha value is -8.47. The molecule has 63 heavy (non-hydrogen) atoms. The Bertz CT molecular complexity index is 3650. The maximum Gasteiger partial charge on any atom is 0.160 e. The lowest BCUT2D eigenvalue weighted by molar-refractivity contribution is 0.669. The number of aromatic nitrogens is 3. The molecule has 0 atom stereocenters. The molecule has 0 bridgehead atoms. The number of benzene rings is 9. The second kappa shape index (κ2) is 15.2. The Balaban J connectivity index is 0.976. The van der Waals surface area contributed by atoms with E-state index in [1.165, 1.54) is 10.9 Å². The van der Waals surface area contributed by atoms with E-state index in [1.807, 2.05) is 30.3 Å². The van der Waals surface area contributed by atoms with Gasteiger partial charge in [-0.05, 0) is 64.2 Å². The van der Waals surface area contributed by atoms with Gasteiger partial charge < -0.3 is 4.42 Å². The molecule has 4 heteroatoms. The molecule has 0 amide bonds. The van der Waals surface area contributed by atoms with Crippen LogP contribution in [0.4, 0.5) is 0 Å². The summed E-state index contributed by atoms with van der Waals surface area (Å²) in [5.41, 5.74) is 16.2. The minimum atomic E-state index is 0.690. The highest BCUT2D eigenvalue weighted by Crippen LogP contribution is 2.46. The maximum atomic E-state index is 6.62. The molecule has 3 aromatic heterocycles. The maximum absolute atomic E-state index is 6.62. The third kappa shape index (κ3) is 6.53. The van der Waals surface area contributed by atoms with Gasteiger partial charge in [-0.15, -0.1) is 0 Å². The van der Waals surface area contributed by atoms with Crippen LogP contribution in [-0.4, -0.2) is 15.0 Å². The SMILES string of the molecule is c1ccc(-c2cccc(-c3cc(-c4ccc(-c5cccc(-c6nc7ccccc7c7c(-c8ccccc8)c8c(cc67)oc6ccccc68)c5)cc4)nc(-c4ccccc4)n3)c2)cc1. The van der Waals surface area contributed by atoms with Gasteiger partial charge in [-0.3, -0.25) is 0 Å². The molecule has 0 radical (unpaired) electrons. The Kier molecular flexibility index (Phi) is 8.79. The van der Waals surface area contributed by atoms with Crippen molar-refractivity contribution in [2.75, 3.05) is 0 Å². The molecule has 4 nitrogen and oxygen atoms in total. The molecule has 0 N–H and O–H groups in total. The second-order valence-corrected chi connectivity index (χ2v) is 15.9. The number of fused-ring (bicyclic) bond motifs is 6. The van der Waals surface area contributed by atoms with Gasteiger partial charge in [0.1, 0.15) is 11.2 Å². The summed E-state index contributed by atoms with van der Waals surface area (Å²) in [5.74, 6) is 0.690. The van der Waals surface area contributed by atoms with Gasteiger partial charge in [0.25, 0.3) is 0 Å². The summed E-state index contributed by atoms with van der Waals surface area (Å²) < 4.78 is 6.62. The van der Waals surface area contributed by atoms with Gasteiger partial charge in [0.05, 0.1) is 22.6 Å². The Morgan fingerprint density at radius 2 is 0.810 bits per heavy atom. The Morgan fingerprint density at radius 1 is 0.286 bits per heavy atom. The Morgan fingerprint density at radius 3 is 1.54 bits per heavy atom. The van der Waals surface area contributed by atoms with Crippen LogP contribution in [-0.2, 0) is 0 Å². The van der Waals surface area contributed by atoms with E-state index in [0.717, 1.165) is 105 Å². The number of hydrogen-bond donors (Lipinski definition) is 0. The van der Waals surface area contributed by atoms with E-state index < -0.39 is 0 Å². The van der Waals surface area contributed by atoms with Gasteiger partial charge in [0, 0.05) is 54.7 Å². The molecule has 0 spiro atoms. The third-order valence-corrected chi connectivity index (χ3v) is 12.1. The Labute approximate surface area is 364 Å². The van der Waals surface area contributed by atoms with Crippen molar-refractivity contribution in [3.63, 3.8) is 0 Å². The first-order valence-corrected chi connectivity index (χ1v) is 21.3. The zero-order valence-corrected chi connectivity index (χ0v) is 34.1. The topological polar surface area (TPSA) is 51.8 Å². The predicted molar refractivity (Wildman–Crippen MR) is 260 cm³/mol. The van der Waals surface area contributed by atoms with Gasteiger partial charge in [0.15, 0.2) is 5.82 Å². The van der Waals surface area contributed by atoms with Crippen molar-refractivity contribution < 1.29 is 4.42 Å². The van der Waals surface area contributed by atoms with Crippen molar-refractivity contribution in [1.29, 1.82) is 0 Å². The normalized spacial score (nSPS) is 11.5. The smallest absolute Gasteiger partial charge is 0.160 e. The van der Waals surface area contributed by atoms with Crippen molar-refractivity contribution >= 4 is 43.6 Å². The van der Waals surface area contributed by atoms with Crippen LogP contribution < -0.4 is 0 Å². The number of nitrogens with zero attached hydrogens (tertiary/aromatic N) is 3. The van der Waals surface area contributed by atoms with Gasteiger partial charge >= 0.3 is 0 Å². The van der Waals surface area contributed by atoms with Crippen LogP contribution in [0.5, 0.6) is 0 Å². The van der Waals surface area contributed by atoms with Crippen molar-refractivity contribution in [3.8, 4) is 78.5 Å². The molecule has 0 saturated heterocycles. The first-order chi connectivity index (χ1) is 31.2. The van der Waals surface area contributed by atoms with E-state index in [9.17, 15) is 0 Å². The molecule has 3 heterocycles. The van der Waals surface area contributed by atoms with Crippen LogP contribution in [0, 0.1) is 0 Å². The summed E-state index contributed by atoms with van der Waals surface area (Å²) in [6.45, 7) is 0. The fourth-order valence-electron chi connectivity index (χ4n) is 9.06. The van der Waals surface area contributed by atoms with Gasteiger partial charge in [0.2, 0.25) is 0 Å². The number of furan rings is 1. The average molecular weight is 804 g/mol. The fourth-order valence-corrected chi connectivity index (χ4v) is 9.06. The summed E-state index contributed by atoms with van der Waals surface area (Å²) >= 11 is 0. The highest BCUT2D eigenvalue weighted by molar-refractivity contribution is 6.27. The monoisotopic (exact) mass is 803 g/mol. The van der Waals surface area contributed by atoms with Crippen LogP contribution in [0.3, 0.4) is 0 Å². The summed E-state index contributed by atoms with van der Waals surface area (Å²) in [4.78, 5) is 15.6. The van der Waals surface area contributed by atoms with Crippen molar-refractivity contribution in [1.82, 2.24) is 15.0 Å². The molecule has 12 rings (SSSR count). The quantitative estimate of drug-likeness (QED) is 0.151. The van der Waals surface area contributed by atoms with Gasteiger partial charge in [-0.1, -0.05) is 188 Å². The molecule has 0 aliphatic rings. The molecule has 9 aromatic carbocycles. The van der Waals surface area contributed by atoms with Crippen LogP contribution in [0.15, 0.2) is 229 Å². The fraction of sp³-hybridized carbons (Fsp3) is 0. The minimum Gasteiger partial charge on any atom is -0.456 e. The number of pyridine rings is 1. The molecule has 0 saturated carbocycles. The lowest BCUT2D eigenvalue weighted by atomic mass is 9.89. The number of hydrogen-bond acceptors (Lipinski definition) is 4. The molecular formula is C59H37N3O. The highest BCUT2D eigenvalue weighted by Gasteiger charge is 2.22. The molecule has 12 aromatic rings. The van der Waals surface area contributed by atoms with E-state index in [1.54, 1.807) is 0 Å². The summed E-state index contributed by atoms with van der Waals surface area (Å²) in [6.07, 6.45) is 0. The zero-order chi connectivity index (χ0) is 41.7. The predicted octanol–water partition coefficient (Wildman–Crippen LogP) is 15.7. The van der Waals surface area contributed by atoms with E-state index in [0.29, 0.717) is 5.82 Å². The van der Waals surface area contributed by atoms with Crippen LogP contribution in [0.2, 0.25) is 0 Å². The lowest BCUT2D eigenvalue weighted by Crippen LogP contribution is -1.96. The summed E-state index contributed by atoms with van der Waals surface area (Å²) in [7, 11) is 0. The zero-order valence-electron chi connectivity index (χ0n) is 34.1. The van der Waals surface area contributed by atoms with E-state index in [2.05, 4.69) is 194 Å². The summed E-state index contributed by atoms with van der Waals surface area (Å²) in [5, 5.41) is 5.55. The molecule has 294 valence electrons. The first-order valence-electron chi connectivity index (χ1n) is 21.3. The third-order valence-electron chi connectivity index (χ3n) is 12.1. The first kappa shape index (κ1) is 36.4. The standard InChI is InChI=1S/C59H37N3O/c1-4-16-38(17-5-1)43-22-14-24-45(34-43)52-37-51(61-59(62-52)42-20-8-3-9-21-42)40-32-30-39(31-33-40)44-23-15-25-46(35-44)58-49-36-54-57(48-27-11-13-29-53(48)63-54)55(41-18-6-2-7-19-41)56(49)47-26-10-12-28-50(47)60-58/h1-37H. The molecule has 0 aliphatic carbocycles. The molecule has 0 unspecified atom stereocenters. The lowest BCUT2D eigenvalue weighted by Gasteiger charge is -2.16.